The molecule has 1 amide bonds. The number of anilines is 1. The van der Waals surface area contributed by atoms with Crippen molar-refractivity contribution in [2.75, 3.05) is 11.9 Å². The van der Waals surface area contributed by atoms with Crippen molar-refractivity contribution in [3.63, 3.8) is 0 Å². The lowest BCUT2D eigenvalue weighted by atomic mass is 10.0. The minimum atomic E-state index is -0.411. The first-order valence-electron chi connectivity index (χ1n) is 8.68. The van der Waals surface area contributed by atoms with Crippen molar-refractivity contribution in [3.8, 4) is 0 Å². The molecule has 1 aliphatic carbocycles. The normalized spacial score (nSPS) is 12.3. The van der Waals surface area contributed by atoms with E-state index in [-0.39, 0.29) is 24.7 Å². The number of benzene rings is 2. The highest BCUT2D eigenvalue weighted by molar-refractivity contribution is 5.98. The number of esters is 1. The third-order valence-corrected chi connectivity index (χ3v) is 4.40. The average molecular weight is 351 g/mol. The molecule has 134 valence electrons. The highest BCUT2D eigenvalue weighted by atomic mass is 16.5. The molecule has 2 aromatic carbocycles. The van der Waals surface area contributed by atoms with Gasteiger partial charge in [-0.25, -0.2) is 0 Å². The molecule has 2 aromatic rings. The Morgan fingerprint density at radius 2 is 1.73 bits per heavy atom. The summed E-state index contributed by atoms with van der Waals surface area (Å²) in [5.74, 6) is -0.864. The first-order valence-corrected chi connectivity index (χ1v) is 8.68. The Hall–Kier alpha value is -2.95. The molecule has 0 saturated carbocycles. The van der Waals surface area contributed by atoms with E-state index in [4.69, 9.17) is 4.74 Å². The summed E-state index contributed by atoms with van der Waals surface area (Å²) < 4.78 is 5.12. The molecule has 0 fully saturated rings. The number of carbonyl (C=O) groups excluding carboxylic acids is 3. The summed E-state index contributed by atoms with van der Waals surface area (Å²) >= 11 is 0. The molecule has 1 aliphatic rings. The minimum Gasteiger partial charge on any atom is -0.457 e. The van der Waals surface area contributed by atoms with Crippen LogP contribution in [0.5, 0.6) is 0 Å². The molecule has 0 saturated heterocycles. The Morgan fingerprint density at radius 1 is 1.00 bits per heavy atom. The lowest BCUT2D eigenvalue weighted by Crippen LogP contribution is -2.16. The number of ether oxygens (including phenoxy) is 1. The van der Waals surface area contributed by atoms with Gasteiger partial charge in [-0.15, -0.1) is 0 Å². The van der Waals surface area contributed by atoms with E-state index < -0.39 is 5.97 Å². The highest BCUT2D eigenvalue weighted by Crippen LogP contribution is 2.23. The number of hydrogen-bond donors (Lipinski definition) is 1. The maximum absolute atomic E-state index is 12.1. The Bertz CT molecular complexity index is 840. The van der Waals surface area contributed by atoms with E-state index in [0.717, 1.165) is 18.4 Å². The number of ketones is 1. The summed E-state index contributed by atoms with van der Waals surface area (Å²) in [5, 5.41) is 2.63. The van der Waals surface area contributed by atoms with Gasteiger partial charge < -0.3 is 10.1 Å². The van der Waals surface area contributed by atoms with Crippen LogP contribution in [0.3, 0.4) is 0 Å². The maximum atomic E-state index is 12.1. The van der Waals surface area contributed by atoms with E-state index in [2.05, 4.69) is 17.4 Å². The van der Waals surface area contributed by atoms with E-state index in [0.29, 0.717) is 11.3 Å². The molecule has 5 heteroatoms. The smallest absolute Gasteiger partial charge is 0.310 e. The van der Waals surface area contributed by atoms with Crippen LogP contribution in [0.15, 0.2) is 42.5 Å². The summed E-state index contributed by atoms with van der Waals surface area (Å²) in [6.45, 7) is 1.13. The molecule has 0 unspecified atom stereocenters. The third-order valence-electron chi connectivity index (χ3n) is 4.40. The third kappa shape index (κ3) is 4.57. The molecule has 3 rings (SSSR count). The van der Waals surface area contributed by atoms with Crippen molar-refractivity contribution < 1.29 is 19.1 Å². The Kier molecular flexibility index (Phi) is 5.46. The number of carbonyl (C=O) groups is 3. The van der Waals surface area contributed by atoms with Crippen molar-refractivity contribution in [1.29, 1.82) is 0 Å². The van der Waals surface area contributed by atoms with Crippen LogP contribution in [0.25, 0.3) is 0 Å². The molecule has 0 aliphatic heterocycles. The molecular formula is C21H21NO4. The number of nitrogens with one attached hydrogen (secondary N) is 1. The SMILES string of the molecule is CC(=O)Nc1ccc(C(=O)COC(=O)Cc2ccc3c(c2)CCC3)cc1. The van der Waals surface area contributed by atoms with Crippen LogP contribution in [-0.4, -0.2) is 24.3 Å². The number of aryl methyl sites for hydroxylation is 2. The van der Waals surface area contributed by atoms with Gasteiger partial charge in [0, 0.05) is 18.2 Å². The molecular weight excluding hydrogens is 330 g/mol. The van der Waals surface area contributed by atoms with Crippen molar-refractivity contribution in [3.05, 3.63) is 64.7 Å². The number of Topliss-reactive ketones (excluding diaryl/α,β-unsaturated/α-hetero) is 1. The number of rotatable bonds is 6. The van der Waals surface area contributed by atoms with Crippen LogP contribution >= 0.6 is 0 Å². The van der Waals surface area contributed by atoms with Crippen molar-refractivity contribution >= 4 is 23.3 Å². The lowest BCUT2D eigenvalue weighted by molar-refractivity contribution is -0.141. The van der Waals surface area contributed by atoms with Gasteiger partial charge in [0.25, 0.3) is 0 Å². The van der Waals surface area contributed by atoms with Gasteiger partial charge in [-0.3, -0.25) is 14.4 Å². The fourth-order valence-corrected chi connectivity index (χ4v) is 3.12. The van der Waals surface area contributed by atoms with E-state index >= 15 is 0 Å². The zero-order valence-corrected chi connectivity index (χ0v) is 14.7. The molecule has 26 heavy (non-hydrogen) atoms. The van der Waals surface area contributed by atoms with Gasteiger partial charge in [0.05, 0.1) is 6.42 Å². The number of hydrogen-bond acceptors (Lipinski definition) is 4. The Balaban J connectivity index is 1.50. The monoisotopic (exact) mass is 351 g/mol. The predicted octanol–water partition coefficient (Wildman–Crippen LogP) is 3.10. The zero-order valence-electron chi connectivity index (χ0n) is 14.7. The molecule has 0 radical (unpaired) electrons. The van der Waals surface area contributed by atoms with E-state index in [1.807, 2.05) is 6.07 Å². The summed E-state index contributed by atoms with van der Waals surface area (Å²) in [7, 11) is 0. The van der Waals surface area contributed by atoms with E-state index in [9.17, 15) is 14.4 Å². The summed E-state index contributed by atoms with van der Waals surface area (Å²) in [5.41, 5.74) is 4.64. The predicted molar refractivity (Wildman–Crippen MR) is 98.2 cm³/mol. The van der Waals surface area contributed by atoms with Gasteiger partial charge in [0.15, 0.2) is 12.4 Å². The lowest BCUT2D eigenvalue weighted by Gasteiger charge is -2.07. The first-order chi connectivity index (χ1) is 12.5. The van der Waals surface area contributed by atoms with Crippen LogP contribution < -0.4 is 5.32 Å². The summed E-state index contributed by atoms with van der Waals surface area (Å²) in [4.78, 5) is 35.1. The van der Waals surface area contributed by atoms with E-state index in [1.54, 1.807) is 24.3 Å². The standard InChI is InChI=1S/C21H21NO4/c1-14(23)22-19-9-7-17(8-10-19)20(24)13-26-21(25)12-15-5-6-16-3-2-4-18(16)11-15/h5-11H,2-4,12-13H2,1H3,(H,22,23). The Labute approximate surface area is 152 Å². The molecule has 0 aromatic heterocycles. The molecule has 1 N–H and O–H groups in total. The van der Waals surface area contributed by atoms with Gasteiger partial charge in [-0.1, -0.05) is 18.2 Å². The van der Waals surface area contributed by atoms with Crippen LogP contribution in [0.4, 0.5) is 5.69 Å². The number of fused-ring (bicyclic) bond motifs is 1. The molecule has 0 spiro atoms. The summed E-state index contributed by atoms with van der Waals surface area (Å²) in [6, 6.07) is 12.6. The fourth-order valence-electron chi connectivity index (χ4n) is 3.12. The highest BCUT2D eigenvalue weighted by Gasteiger charge is 2.14. The second-order valence-electron chi connectivity index (χ2n) is 6.48. The van der Waals surface area contributed by atoms with Crippen LogP contribution in [-0.2, 0) is 33.6 Å². The van der Waals surface area contributed by atoms with Gasteiger partial charge in [-0.05, 0) is 60.2 Å². The summed E-state index contributed by atoms with van der Waals surface area (Å²) in [6.07, 6.45) is 3.50. The molecule has 0 bridgehead atoms. The molecule has 0 heterocycles. The van der Waals surface area contributed by atoms with Crippen LogP contribution in [0.1, 0.15) is 40.4 Å². The largest absolute Gasteiger partial charge is 0.457 e. The van der Waals surface area contributed by atoms with Gasteiger partial charge >= 0.3 is 5.97 Å². The maximum Gasteiger partial charge on any atom is 0.310 e. The molecule has 0 atom stereocenters. The zero-order chi connectivity index (χ0) is 18.5. The minimum absolute atomic E-state index is 0.169. The second-order valence-corrected chi connectivity index (χ2v) is 6.48. The topological polar surface area (TPSA) is 72.5 Å². The molecule has 5 nitrogen and oxygen atoms in total. The number of amides is 1. The quantitative estimate of drug-likeness (QED) is 0.641. The first kappa shape index (κ1) is 17.9. The van der Waals surface area contributed by atoms with Crippen molar-refractivity contribution in [2.45, 2.75) is 32.6 Å². The van der Waals surface area contributed by atoms with Crippen molar-refractivity contribution in [2.24, 2.45) is 0 Å². The fraction of sp³-hybridized carbons (Fsp3) is 0.286. The van der Waals surface area contributed by atoms with Gasteiger partial charge in [0.1, 0.15) is 0 Å². The Morgan fingerprint density at radius 3 is 2.46 bits per heavy atom. The second kappa shape index (κ2) is 7.95. The average Bonchev–Trinajstić information content (AvgIpc) is 3.07. The van der Waals surface area contributed by atoms with Gasteiger partial charge in [0.2, 0.25) is 5.91 Å². The van der Waals surface area contributed by atoms with Gasteiger partial charge in [-0.2, -0.15) is 0 Å². The van der Waals surface area contributed by atoms with Crippen LogP contribution in [0, 0.1) is 0 Å². The van der Waals surface area contributed by atoms with E-state index in [1.165, 1.54) is 24.5 Å². The van der Waals surface area contributed by atoms with Crippen molar-refractivity contribution in [1.82, 2.24) is 0 Å². The van der Waals surface area contributed by atoms with Crippen LogP contribution in [0.2, 0.25) is 0 Å².